The van der Waals surface area contributed by atoms with Crippen LogP contribution in [0.1, 0.15) is 11.1 Å². The quantitative estimate of drug-likeness (QED) is 0.825. The maximum atomic E-state index is 6.06. The molecule has 0 radical (unpaired) electrons. The molecule has 0 bridgehead atoms. The Morgan fingerprint density at radius 2 is 1.89 bits per heavy atom. The molecule has 3 heteroatoms. The zero-order chi connectivity index (χ0) is 13.0. The number of nitrogens with one attached hydrogen (secondary N) is 1. The predicted octanol–water partition coefficient (Wildman–Crippen LogP) is 3.45. The van der Waals surface area contributed by atoms with E-state index in [0.717, 1.165) is 17.1 Å². The summed E-state index contributed by atoms with van der Waals surface area (Å²) in [4.78, 5) is 2.37. The Morgan fingerprint density at radius 1 is 1.11 bits per heavy atom. The van der Waals surface area contributed by atoms with Gasteiger partial charge in [0.1, 0.15) is 0 Å². The monoisotopic (exact) mass is 258 g/mol. The van der Waals surface area contributed by atoms with E-state index in [9.17, 15) is 0 Å². The van der Waals surface area contributed by atoms with Crippen molar-refractivity contribution in [1.82, 2.24) is 5.32 Å². The van der Waals surface area contributed by atoms with Crippen LogP contribution in [0.3, 0.4) is 0 Å². The van der Waals surface area contributed by atoms with Crippen molar-refractivity contribution in [1.29, 1.82) is 0 Å². The number of benzene rings is 2. The third kappa shape index (κ3) is 3.06. The molecule has 0 amide bonds. The van der Waals surface area contributed by atoms with Crippen molar-refractivity contribution in [3.63, 3.8) is 0 Å². The van der Waals surface area contributed by atoms with Gasteiger partial charge in [-0.15, -0.1) is 0 Å². The second kappa shape index (κ2) is 5.94. The van der Waals surface area contributed by atoms with Gasteiger partial charge in [0.2, 0.25) is 0 Å². The minimum atomic E-state index is 0.847. The topological polar surface area (TPSA) is 38.0 Å². The summed E-state index contributed by atoms with van der Waals surface area (Å²) in [7, 11) is 1.96. The third-order valence-corrected chi connectivity index (χ3v) is 3.93. The van der Waals surface area contributed by atoms with Crippen LogP contribution in [0.15, 0.2) is 52.3 Å². The standard InChI is InChI=1S/C15H18N2S/c1-11-7-8-15(13(16)9-11)18-14-6-4-3-5-12(14)10-17-2/h3-9,17H,10,16H2,1-2H3. The molecule has 2 aromatic rings. The molecule has 94 valence electrons. The fourth-order valence-electron chi connectivity index (χ4n) is 1.82. The molecule has 18 heavy (non-hydrogen) atoms. The number of nitrogens with two attached hydrogens (primary N) is 1. The first kappa shape index (κ1) is 13.0. The van der Waals surface area contributed by atoms with E-state index in [1.165, 1.54) is 16.0 Å². The van der Waals surface area contributed by atoms with Gasteiger partial charge in [0.15, 0.2) is 0 Å². The van der Waals surface area contributed by atoms with Gasteiger partial charge in [-0.25, -0.2) is 0 Å². The molecule has 0 aliphatic carbocycles. The van der Waals surface area contributed by atoms with Crippen molar-refractivity contribution in [2.45, 2.75) is 23.3 Å². The number of hydrogen-bond donors (Lipinski definition) is 2. The first-order valence-corrected chi connectivity index (χ1v) is 6.79. The van der Waals surface area contributed by atoms with Gasteiger partial charge in [-0.3, -0.25) is 0 Å². The van der Waals surface area contributed by atoms with Crippen LogP contribution in [-0.4, -0.2) is 7.05 Å². The van der Waals surface area contributed by atoms with E-state index in [2.05, 4.69) is 48.6 Å². The number of nitrogen functional groups attached to an aromatic ring is 1. The van der Waals surface area contributed by atoms with Gasteiger partial charge in [0.05, 0.1) is 0 Å². The highest BCUT2D eigenvalue weighted by atomic mass is 32.2. The average Bonchev–Trinajstić information content (AvgIpc) is 2.35. The zero-order valence-electron chi connectivity index (χ0n) is 10.7. The number of aryl methyl sites for hydroxylation is 1. The zero-order valence-corrected chi connectivity index (χ0v) is 11.6. The molecule has 2 aromatic carbocycles. The molecule has 0 saturated carbocycles. The van der Waals surface area contributed by atoms with E-state index in [1.807, 2.05) is 13.1 Å². The highest BCUT2D eigenvalue weighted by Crippen LogP contribution is 2.34. The van der Waals surface area contributed by atoms with Crippen LogP contribution >= 0.6 is 11.8 Å². The smallest absolute Gasteiger partial charge is 0.0458 e. The van der Waals surface area contributed by atoms with Crippen LogP contribution in [0.4, 0.5) is 5.69 Å². The molecule has 0 unspecified atom stereocenters. The fraction of sp³-hybridized carbons (Fsp3) is 0.200. The molecule has 0 saturated heterocycles. The van der Waals surface area contributed by atoms with Crippen LogP contribution < -0.4 is 11.1 Å². The van der Waals surface area contributed by atoms with Crippen LogP contribution in [0, 0.1) is 6.92 Å². The summed E-state index contributed by atoms with van der Waals surface area (Å²) < 4.78 is 0. The lowest BCUT2D eigenvalue weighted by Crippen LogP contribution is -2.05. The summed E-state index contributed by atoms with van der Waals surface area (Å²) >= 11 is 1.72. The molecule has 0 atom stereocenters. The Bertz CT molecular complexity index is 538. The lowest BCUT2D eigenvalue weighted by molar-refractivity contribution is 0.803. The van der Waals surface area contributed by atoms with Gasteiger partial charge >= 0.3 is 0 Å². The molecule has 0 heterocycles. The van der Waals surface area contributed by atoms with E-state index in [1.54, 1.807) is 11.8 Å². The van der Waals surface area contributed by atoms with Crippen molar-refractivity contribution in [2.75, 3.05) is 12.8 Å². The molecule has 0 fully saturated rings. The molecule has 0 spiro atoms. The van der Waals surface area contributed by atoms with Crippen molar-refractivity contribution in [3.05, 3.63) is 53.6 Å². The van der Waals surface area contributed by atoms with Crippen LogP contribution in [0.25, 0.3) is 0 Å². The van der Waals surface area contributed by atoms with Gasteiger partial charge < -0.3 is 11.1 Å². The largest absolute Gasteiger partial charge is 0.398 e. The molecule has 3 N–H and O–H groups in total. The summed E-state index contributed by atoms with van der Waals surface area (Å²) in [6.45, 7) is 2.93. The molecule has 0 aromatic heterocycles. The Balaban J connectivity index is 2.28. The molecule has 2 nitrogen and oxygen atoms in total. The lowest BCUT2D eigenvalue weighted by atomic mass is 10.2. The second-order valence-corrected chi connectivity index (χ2v) is 5.37. The molecular weight excluding hydrogens is 240 g/mol. The first-order chi connectivity index (χ1) is 8.70. The van der Waals surface area contributed by atoms with Crippen LogP contribution in [-0.2, 0) is 6.54 Å². The van der Waals surface area contributed by atoms with Crippen molar-refractivity contribution >= 4 is 17.4 Å². The Hall–Kier alpha value is -1.45. The minimum absolute atomic E-state index is 0.847. The summed E-state index contributed by atoms with van der Waals surface area (Å²) in [6, 6.07) is 14.6. The molecular formula is C15H18N2S. The van der Waals surface area contributed by atoms with Crippen LogP contribution in [0.5, 0.6) is 0 Å². The van der Waals surface area contributed by atoms with E-state index in [-0.39, 0.29) is 0 Å². The van der Waals surface area contributed by atoms with E-state index in [0.29, 0.717) is 0 Å². The average molecular weight is 258 g/mol. The highest BCUT2D eigenvalue weighted by molar-refractivity contribution is 7.99. The number of hydrogen-bond acceptors (Lipinski definition) is 3. The van der Waals surface area contributed by atoms with E-state index < -0.39 is 0 Å². The van der Waals surface area contributed by atoms with Crippen molar-refractivity contribution in [3.8, 4) is 0 Å². The highest BCUT2D eigenvalue weighted by Gasteiger charge is 2.06. The Labute approximate surface area is 113 Å². The maximum absolute atomic E-state index is 6.06. The summed E-state index contributed by atoms with van der Waals surface area (Å²) in [5.41, 5.74) is 9.39. The van der Waals surface area contributed by atoms with Gasteiger partial charge in [0, 0.05) is 22.0 Å². The summed E-state index contributed by atoms with van der Waals surface area (Å²) in [5, 5.41) is 3.19. The van der Waals surface area contributed by atoms with Crippen molar-refractivity contribution < 1.29 is 0 Å². The van der Waals surface area contributed by atoms with Gasteiger partial charge in [-0.05, 0) is 43.3 Å². The fourth-order valence-corrected chi connectivity index (χ4v) is 2.79. The molecule has 0 aliphatic rings. The minimum Gasteiger partial charge on any atom is -0.398 e. The third-order valence-electron chi connectivity index (χ3n) is 2.73. The SMILES string of the molecule is CNCc1ccccc1Sc1ccc(C)cc1N. The second-order valence-electron chi connectivity index (χ2n) is 4.28. The Morgan fingerprint density at radius 3 is 2.61 bits per heavy atom. The van der Waals surface area contributed by atoms with E-state index in [4.69, 9.17) is 5.73 Å². The van der Waals surface area contributed by atoms with Gasteiger partial charge in [-0.2, -0.15) is 0 Å². The molecule has 0 aliphatic heterocycles. The maximum Gasteiger partial charge on any atom is 0.0458 e. The Kier molecular flexibility index (Phi) is 4.28. The summed E-state index contributed by atoms with van der Waals surface area (Å²) in [6.07, 6.45) is 0. The predicted molar refractivity (Wildman–Crippen MR) is 78.9 cm³/mol. The normalized spacial score (nSPS) is 10.6. The van der Waals surface area contributed by atoms with Gasteiger partial charge in [0.25, 0.3) is 0 Å². The summed E-state index contributed by atoms with van der Waals surface area (Å²) in [5.74, 6) is 0. The first-order valence-electron chi connectivity index (χ1n) is 5.97. The number of anilines is 1. The lowest BCUT2D eigenvalue weighted by Gasteiger charge is -2.10. The van der Waals surface area contributed by atoms with Crippen LogP contribution in [0.2, 0.25) is 0 Å². The van der Waals surface area contributed by atoms with Crippen molar-refractivity contribution in [2.24, 2.45) is 0 Å². The van der Waals surface area contributed by atoms with Gasteiger partial charge in [-0.1, -0.05) is 36.0 Å². The number of rotatable bonds is 4. The van der Waals surface area contributed by atoms with E-state index >= 15 is 0 Å². The molecule has 2 rings (SSSR count).